The van der Waals surface area contributed by atoms with Crippen LogP contribution in [0.2, 0.25) is 0 Å². The van der Waals surface area contributed by atoms with E-state index in [2.05, 4.69) is 8.37 Å². The normalized spacial score (nSPS) is 42.1. The molecule has 0 aliphatic carbocycles. The predicted molar refractivity (Wildman–Crippen MR) is 181 cm³/mol. The van der Waals surface area contributed by atoms with Crippen LogP contribution in [-0.4, -0.2) is 251 Å². The van der Waals surface area contributed by atoms with Crippen molar-refractivity contribution in [1.29, 1.82) is 0 Å². The van der Waals surface area contributed by atoms with Crippen LogP contribution in [0, 0.1) is 0 Å². The number of ether oxygens (including phenoxy) is 7. The molecule has 4 fully saturated rings. The minimum Gasteiger partial charge on any atom is -0.479 e. The Bertz CT molecular complexity index is 2060. The Morgan fingerprint density at radius 3 is 1.30 bits per heavy atom. The van der Waals surface area contributed by atoms with Crippen molar-refractivity contribution in [3.05, 3.63) is 0 Å². The van der Waals surface area contributed by atoms with E-state index in [1.807, 2.05) is 0 Å². The second-order valence-electron chi connectivity index (χ2n) is 13.5. The molecule has 4 saturated heterocycles. The number of aliphatic hydroxyl groups is 8. The van der Waals surface area contributed by atoms with E-state index in [4.69, 9.17) is 37.7 Å². The average molecular weight is 1010 g/mol. The van der Waals surface area contributed by atoms with Gasteiger partial charge in [-0.15, -0.1) is 0 Å². The van der Waals surface area contributed by atoms with Crippen molar-refractivity contribution in [2.45, 2.75) is 123 Å². The number of aliphatic hydroxyl groups excluding tert-OH is 8. The van der Waals surface area contributed by atoms with Gasteiger partial charge in [-0.1, -0.05) is 0 Å². The molecule has 16 N–H and O–H groups in total. The molecule has 0 saturated carbocycles. The molecule has 35 nitrogen and oxygen atoms in total. The van der Waals surface area contributed by atoms with Gasteiger partial charge in [-0.25, -0.2) is 18.0 Å². The largest absolute Gasteiger partial charge is 0.479 e. The van der Waals surface area contributed by atoms with E-state index in [0.717, 1.165) is 0 Å². The summed E-state index contributed by atoms with van der Waals surface area (Å²) < 4.78 is 177. The summed E-state index contributed by atoms with van der Waals surface area (Å²) in [5.74, 6) is -4.15. The maximum Gasteiger partial charge on any atom is 0.397 e. The van der Waals surface area contributed by atoms with Crippen molar-refractivity contribution in [2.24, 2.45) is 0 Å². The molecular formula is C24H40N2O33S4. The first-order chi connectivity index (χ1) is 28.7. The van der Waals surface area contributed by atoms with Crippen molar-refractivity contribution in [3.63, 3.8) is 0 Å². The summed E-state index contributed by atoms with van der Waals surface area (Å²) in [7, 11) is -21.7. The van der Waals surface area contributed by atoms with Crippen LogP contribution in [0.5, 0.6) is 0 Å². The highest BCUT2D eigenvalue weighted by molar-refractivity contribution is 7.84. The molecule has 20 atom stereocenters. The van der Waals surface area contributed by atoms with Crippen LogP contribution in [0.25, 0.3) is 0 Å². The minimum atomic E-state index is -5.59. The molecule has 4 aliphatic rings. The lowest BCUT2D eigenvalue weighted by atomic mass is 9.94. The molecule has 0 radical (unpaired) electrons. The van der Waals surface area contributed by atoms with Crippen LogP contribution in [0.15, 0.2) is 0 Å². The number of carboxylic acid groups (broad SMARTS) is 2. The molecule has 0 unspecified atom stereocenters. The van der Waals surface area contributed by atoms with Crippen LogP contribution < -0.4 is 9.44 Å². The lowest BCUT2D eigenvalue weighted by molar-refractivity contribution is -0.370. The Morgan fingerprint density at radius 2 is 0.857 bits per heavy atom. The third kappa shape index (κ3) is 13.9. The third-order valence-electron chi connectivity index (χ3n) is 9.17. The van der Waals surface area contributed by atoms with E-state index in [1.165, 1.54) is 9.44 Å². The smallest absolute Gasteiger partial charge is 0.397 e. The fourth-order valence-electron chi connectivity index (χ4n) is 6.41. The minimum absolute atomic E-state index is 1.32. The van der Waals surface area contributed by atoms with E-state index >= 15 is 0 Å². The highest BCUT2D eigenvalue weighted by atomic mass is 32.3. The van der Waals surface area contributed by atoms with E-state index in [-0.39, 0.29) is 0 Å². The molecule has 4 rings (SSSR count). The fourth-order valence-corrected chi connectivity index (χ4v) is 8.21. The Morgan fingerprint density at radius 1 is 0.460 bits per heavy atom. The van der Waals surface area contributed by atoms with Gasteiger partial charge in [0.2, 0.25) is 0 Å². The second-order valence-corrected chi connectivity index (χ2v) is 18.1. The van der Waals surface area contributed by atoms with Gasteiger partial charge >= 0.3 is 53.3 Å². The zero-order chi connectivity index (χ0) is 47.9. The molecule has 0 spiro atoms. The first-order valence-electron chi connectivity index (χ1n) is 16.9. The average Bonchev–Trinajstić information content (AvgIpc) is 3.13. The van der Waals surface area contributed by atoms with Crippen LogP contribution in [0.4, 0.5) is 0 Å². The van der Waals surface area contributed by atoms with Gasteiger partial charge < -0.3 is 84.2 Å². The monoisotopic (exact) mass is 1010 g/mol. The van der Waals surface area contributed by atoms with Gasteiger partial charge in [0, 0.05) is 0 Å². The SMILES string of the molecule is O=C(O)[C@H]1O[C@@H](O[C@H]2[C@H](O)[C@@H](NS(=O)(=O)O)[C@@H](O[C@H]3[C@H](O)[C@@H](O)[C@H](O[C@H]4[C@H](O)[C@@H](NS(=O)(=O)O)[C@@H](O)O[C@@H]4COS(=O)(=O)O)O[C@@H]3C(=O)O)O[C@@H]2COS(=O)(=O)O)[C@H](O)[C@@H](O)[C@@H]1O. The molecule has 0 aromatic rings. The molecule has 4 heterocycles. The van der Waals surface area contributed by atoms with Crippen molar-refractivity contribution in [1.82, 2.24) is 9.44 Å². The summed E-state index contributed by atoms with van der Waals surface area (Å²) in [6.45, 7) is -2.93. The number of nitrogens with one attached hydrogen (secondary N) is 2. The van der Waals surface area contributed by atoms with Crippen molar-refractivity contribution < 1.29 is 154 Å². The summed E-state index contributed by atoms with van der Waals surface area (Å²) in [6, 6.07) is -4.90. The van der Waals surface area contributed by atoms with Crippen LogP contribution in [0.1, 0.15) is 0 Å². The Kier molecular flexibility index (Phi) is 17.3. The topological polar surface area (TPSA) is 561 Å². The quantitative estimate of drug-likeness (QED) is 0.0567. The summed E-state index contributed by atoms with van der Waals surface area (Å²) in [6.07, 6.45) is -44.9. The van der Waals surface area contributed by atoms with Crippen LogP contribution in [0.3, 0.4) is 0 Å². The summed E-state index contributed by atoms with van der Waals surface area (Å²) in [4.78, 5) is 24.1. The standard InChI is InChI=1S/C24H40N2O33S4/c27-7-5(25-60(39,40)41)21(38)53-3(1-51-62(45,46)47)14(7)55-24-13(33)11(31)16(18(59-24)20(36)37)57-22-6(26-61(42,43)44)8(28)15(4(54-22)2-52-63(48,49)50)56-23-12(32)9(29)10(30)17(58-23)19(34)35/h3-18,21-33,38H,1-2H2,(H,34,35)(H,36,37)(H,39,40,41)(H,42,43,44)(H,45,46,47)(H,48,49,50)/t3-,4-,5-,6-,7-,8-,9+,10+,11-,12-,13-,14-,15-,16+,17+,18+,21+,22-,23-,24-/m1/s1. The van der Waals surface area contributed by atoms with Gasteiger partial charge in [0.1, 0.15) is 85.3 Å². The van der Waals surface area contributed by atoms with Crippen molar-refractivity contribution >= 4 is 53.3 Å². The lowest BCUT2D eigenvalue weighted by Gasteiger charge is -2.49. The zero-order valence-electron chi connectivity index (χ0n) is 30.6. The third-order valence-corrected chi connectivity index (χ3v) is 11.2. The fraction of sp³-hybridized carbons (Fsp3) is 0.917. The number of rotatable bonds is 18. The Hall–Kier alpha value is -2.18. The molecule has 39 heteroatoms. The van der Waals surface area contributed by atoms with E-state index < -0.39 is 189 Å². The van der Waals surface area contributed by atoms with Gasteiger partial charge in [0.15, 0.2) is 37.4 Å². The second kappa shape index (κ2) is 20.4. The number of aliphatic carboxylic acids is 2. The van der Waals surface area contributed by atoms with E-state index in [9.17, 15) is 108 Å². The van der Waals surface area contributed by atoms with E-state index in [1.54, 1.807) is 0 Å². The van der Waals surface area contributed by atoms with Gasteiger partial charge in [-0.2, -0.15) is 43.1 Å². The molecule has 4 aliphatic heterocycles. The van der Waals surface area contributed by atoms with Crippen molar-refractivity contribution in [2.75, 3.05) is 13.2 Å². The van der Waals surface area contributed by atoms with Gasteiger partial charge in [-0.3, -0.25) is 18.2 Å². The molecule has 0 bridgehead atoms. The number of hydrogen-bond donors (Lipinski definition) is 16. The molecule has 0 aromatic heterocycles. The van der Waals surface area contributed by atoms with Crippen molar-refractivity contribution in [3.8, 4) is 0 Å². The number of carbonyl (C=O) groups is 2. The maximum absolute atomic E-state index is 12.5. The highest BCUT2D eigenvalue weighted by Gasteiger charge is 2.58. The van der Waals surface area contributed by atoms with E-state index in [0.29, 0.717) is 0 Å². The van der Waals surface area contributed by atoms with Crippen LogP contribution >= 0.6 is 0 Å². The first-order valence-corrected chi connectivity index (χ1v) is 22.5. The Labute approximate surface area is 352 Å². The highest BCUT2D eigenvalue weighted by Crippen LogP contribution is 2.35. The molecular weight excluding hydrogens is 973 g/mol. The molecule has 0 amide bonds. The molecule has 0 aromatic carbocycles. The lowest BCUT2D eigenvalue weighted by Crippen LogP contribution is -2.70. The first kappa shape index (κ1) is 53.4. The Balaban J connectivity index is 1.68. The summed E-state index contributed by atoms with van der Waals surface area (Å²) >= 11 is 0. The number of carboxylic acids is 2. The number of hydrogen-bond acceptors (Lipinski definition) is 27. The summed E-state index contributed by atoms with van der Waals surface area (Å²) in [5, 5.41) is 105. The van der Waals surface area contributed by atoms with Gasteiger partial charge in [0.05, 0.1) is 13.2 Å². The van der Waals surface area contributed by atoms with Gasteiger partial charge in [0.25, 0.3) is 0 Å². The van der Waals surface area contributed by atoms with Gasteiger partial charge in [-0.05, 0) is 0 Å². The van der Waals surface area contributed by atoms with Crippen LogP contribution in [-0.2, 0) is 92.5 Å². The zero-order valence-corrected chi connectivity index (χ0v) is 33.9. The maximum atomic E-state index is 12.5. The summed E-state index contributed by atoms with van der Waals surface area (Å²) in [5.41, 5.74) is 0. The molecule has 63 heavy (non-hydrogen) atoms. The molecule has 368 valence electrons. The predicted octanol–water partition coefficient (Wildman–Crippen LogP) is -11.1.